The van der Waals surface area contributed by atoms with E-state index in [-0.39, 0.29) is 4.90 Å². The topological polar surface area (TPSA) is 71.1 Å². The molecule has 0 unspecified atom stereocenters. The SMILES string of the molecule is CNc1cc(S(=O)(=O)NCc2sccc2C)ccn1. The summed E-state index contributed by atoms with van der Waals surface area (Å²) >= 11 is 1.54. The number of rotatable bonds is 5. The molecule has 2 rings (SSSR count). The van der Waals surface area contributed by atoms with Crippen LogP contribution in [0.1, 0.15) is 10.4 Å². The number of sulfonamides is 1. The summed E-state index contributed by atoms with van der Waals surface area (Å²) in [6.07, 6.45) is 1.47. The summed E-state index contributed by atoms with van der Waals surface area (Å²) in [5, 5.41) is 4.77. The van der Waals surface area contributed by atoms with Gasteiger partial charge in [-0.25, -0.2) is 18.1 Å². The summed E-state index contributed by atoms with van der Waals surface area (Å²) in [6.45, 7) is 2.27. The molecule has 5 nitrogen and oxygen atoms in total. The summed E-state index contributed by atoms with van der Waals surface area (Å²) in [7, 11) is -1.81. The average molecular weight is 297 g/mol. The highest BCUT2D eigenvalue weighted by Gasteiger charge is 2.15. The van der Waals surface area contributed by atoms with Crippen LogP contribution >= 0.6 is 11.3 Å². The first-order valence-electron chi connectivity index (χ1n) is 5.69. The van der Waals surface area contributed by atoms with Crippen LogP contribution < -0.4 is 10.0 Å². The van der Waals surface area contributed by atoms with Crippen LogP contribution in [0.2, 0.25) is 0 Å². The van der Waals surface area contributed by atoms with Gasteiger partial charge in [-0.1, -0.05) is 0 Å². The number of anilines is 1. The van der Waals surface area contributed by atoms with Crippen molar-refractivity contribution in [2.75, 3.05) is 12.4 Å². The lowest BCUT2D eigenvalue weighted by atomic mass is 10.3. The number of aryl methyl sites for hydroxylation is 1. The van der Waals surface area contributed by atoms with Crippen molar-refractivity contribution in [3.05, 3.63) is 40.2 Å². The van der Waals surface area contributed by atoms with Crippen molar-refractivity contribution < 1.29 is 8.42 Å². The van der Waals surface area contributed by atoms with Crippen LogP contribution in [0.15, 0.2) is 34.7 Å². The number of aromatic nitrogens is 1. The monoisotopic (exact) mass is 297 g/mol. The van der Waals surface area contributed by atoms with Crippen LogP contribution in [-0.2, 0) is 16.6 Å². The maximum Gasteiger partial charge on any atom is 0.241 e. The van der Waals surface area contributed by atoms with Gasteiger partial charge in [-0.15, -0.1) is 11.3 Å². The minimum absolute atomic E-state index is 0.209. The number of pyridine rings is 1. The molecule has 0 radical (unpaired) electrons. The smallest absolute Gasteiger partial charge is 0.241 e. The lowest BCUT2D eigenvalue weighted by molar-refractivity contribution is 0.581. The first-order valence-corrected chi connectivity index (χ1v) is 8.05. The molecule has 7 heteroatoms. The van der Waals surface area contributed by atoms with E-state index in [0.29, 0.717) is 12.4 Å². The molecule has 0 amide bonds. The van der Waals surface area contributed by atoms with Crippen LogP contribution in [0.4, 0.5) is 5.82 Å². The Morgan fingerprint density at radius 3 is 2.79 bits per heavy atom. The van der Waals surface area contributed by atoms with Gasteiger partial charge in [-0.2, -0.15) is 0 Å². The van der Waals surface area contributed by atoms with Gasteiger partial charge >= 0.3 is 0 Å². The van der Waals surface area contributed by atoms with Gasteiger partial charge in [0.05, 0.1) is 4.90 Å². The Bertz CT molecular complexity index is 665. The van der Waals surface area contributed by atoms with Gasteiger partial charge in [0.25, 0.3) is 0 Å². The molecule has 0 fully saturated rings. The van der Waals surface area contributed by atoms with Crippen LogP contribution in [0.3, 0.4) is 0 Å². The van der Waals surface area contributed by atoms with Crippen molar-refractivity contribution in [1.29, 1.82) is 0 Å². The summed E-state index contributed by atoms with van der Waals surface area (Å²) in [5.74, 6) is 0.523. The van der Waals surface area contributed by atoms with Crippen LogP contribution in [0.5, 0.6) is 0 Å². The van der Waals surface area contributed by atoms with Gasteiger partial charge in [0.1, 0.15) is 5.82 Å². The molecule has 2 N–H and O–H groups in total. The molecule has 0 aliphatic carbocycles. The Hall–Kier alpha value is -1.44. The second kappa shape index (κ2) is 5.68. The maximum absolute atomic E-state index is 12.1. The summed E-state index contributed by atoms with van der Waals surface area (Å²) in [5.41, 5.74) is 1.10. The molecule has 2 heterocycles. The molecular formula is C12H15N3O2S2. The predicted octanol–water partition coefficient (Wildman–Crippen LogP) is 1.97. The van der Waals surface area contributed by atoms with E-state index in [1.165, 1.54) is 18.3 Å². The largest absolute Gasteiger partial charge is 0.373 e. The van der Waals surface area contributed by atoms with Gasteiger partial charge in [-0.3, -0.25) is 0 Å². The zero-order valence-electron chi connectivity index (χ0n) is 10.7. The van der Waals surface area contributed by atoms with Gasteiger partial charge in [-0.05, 0) is 30.0 Å². The van der Waals surface area contributed by atoms with Crippen molar-refractivity contribution >= 4 is 27.2 Å². The molecule has 2 aromatic heterocycles. The number of nitrogens with one attached hydrogen (secondary N) is 2. The first-order chi connectivity index (χ1) is 9.03. The van der Waals surface area contributed by atoms with Crippen molar-refractivity contribution in [3.63, 3.8) is 0 Å². The Morgan fingerprint density at radius 1 is 1.37 bits per heavy atom. The van der Waals surface area contributed by atoms with E-state index in [0.717, 1.165) is 10.4 Å². The summed E-state index contributed by atoms with van der Waals surface area (Å²) in [4.78, 5) is 5.22. The second-order valence-corrected chi connectivity index (χ2v) is 6.75. The van der Waals surface area contributed by atoms with Crippen LogP contribution in [-0.4, -0.2) is 20.4 Å². The number of hydrogen-bond donors (Lipinski definition) is 2. The third-order valence-corrected chi connectivity index (χ3v) is 5.11. The predicted molar refractivity (Wildman–Crippen MR) is 76.9 cm³/mol. The summed E-state index contributed by atoms with van der Waals surface area (Å²) in [6, 6.07) is 4.95. The molecular weight excluding hydrogens is 282 g/mol. The van der Waals surface area contributed by atoms with E-state index < -0.39 is 10.0 Å². The molecule has 0 saturated heterocycles. The number of nitrogens with zero attached hydrogens (tertiary/aromatic N) is 1. The van der Waals surface area contributed by atoms with Crippen LogP contribution in [0, 0.1) is 6.92 Å². The van der Waals surface area contributed by atoms with Gasteiger partial charge in [0.2, 0.25) is 10.0 Å². The molecule has 2 aromatic rings. The third kappa shape index (κ3) is 3.31. The third-order valence-electron chi connectivity index (χ3n) is 2.69. The molecule has 0 spiro atoms. The summed E-state index contributed by atoms with van der Waals surface area (Å²) < 4.78 is 26.9. The van der Waals surface area contributed by atoms with E-state index in [1.54, 1.807) is 18.4 Å². The molecule has 0 saturated carbocycles. The standard InChI is InChI=1S/C12H15N3O2S2/c1-9-4-6-18-11(9)8-15-19(16,17)10-3-5-14-12(7-10)13-2/h3-7,15H,8H2,1-2H3,(H,13,14). The molecule has 102 valence electrons. The second-order valence-electron chi connectivity index (χ2n) is 3.98. The zero-order chi connectivity index (χ0) is 13.9. The average Bonchev–Trinajstić information content (AvgIpc) is 2.82. The van der Waals surface area contributed by atoms with Crippen LogP contribution in [0.25, 0.3) is 0 Å². The highest BCUT2D eigenvalue weighted by molar-refractivity contribution is 7.89. The number of thiophene rings is 1. The van der Waals surface area contributed by atoms with Crippen molar-refractivity contribution in [3.8, 4) is 0 Å². The fourth-order valence-corrected chi connectivity index (χ4v) is 3.49. The quantitative estimate of drug-likeness (QED) is 0.885. The highest BCUT2D eigenvalue weighted by atomic mass is 32.2. The van der Waals surface area contributed by atoms with Gasteiger partial charge in [0, 0.05) is 30.7 Å². The minimum atomic E-state index is -3.51. The van der Waals surface area contributed by atoms with E-state index in [4.69, 9.17) is 0 Å². The Morgan fingerprint density at radius 2 is 2.16 bits per heavy atom. The normalized spacial score (nSPS) is 11.5. The Labute approximate surface area is 116 Å². The van der Waals surface area contributed by atoms with E-state index in [2.05, 4.69) is 15.0 Å². The van der Waals surface area contributed by atoms with Gasteiger partial charge < -0.3 is 5.32 Å². The van der Waals surface area contributed by atoms with Crippen molar-refractivity contribution in [1.82, 2.24) is 9.71 Å². The lowest BCUT2D eigenvalue weighted by Gasteiger charge is -2.07. The molecule has 0 bridgehead atoms. The maximum atomic E-state index is 12.1. The van der Waals surface area contributed by atoms with E-state index in [1.807, 2.05) is 18.4 Å². The minimum Gasteiger partial charge on any atom is -0.373 e. The fourth-order valence-electron chi connectivity index (χ4n) is 1.54. The molecule has 19 heavy (non-hydrogen) atoms. The molecule has 0 aliphatic heterocycles. The first kappa shape index (κ1) is 14.0. The van der Waals surface area contributed by atoms with Crippen molar-refractivity contribution in [2.45, 2.75) is 18.4 Å². The van der Waals surface area contributed by atoms with Crippen molar-refractivity contribution in [2.24, 2.45) is 0 Å². The molecule has 0 aliphatic rings. The highest BCUT2D eigenvalue weighted by Crippen LogP contribution is 2.17. The van der Waals surface area contributed by atoms with Gasteiger partial charge in [0.15, 0.2) is 0 Å². The fraction of sp³-hybridized carbons (Fsp3) is 0.250. The number of hydrogen-bond acceptors (Lipinski definition) is 5. The van der Waals surface area contributed by atoms with E-state index in [9.17, 15) is 8.42 Å². The lowest BCUT2D eigenvalue weighted by Crippen LogP contribution is -2.23. The molecule has 0 atom stereocenters. The molecule has 0 aromatic carbocycles. The Balaban J connectivity index is 2.16. The Kier molecular flexibility index (Phi) is 4.18. The van der Waals surface area contributed by atoms with E-state index >= 15 is 0 Å². The zero-order valence-corrected chi connectivity index (χ0v) is 12.3.